The molecule has 0 fully saturated rings. The molecule has 0 atom stereocenters. The van der Waals surface area contributed by atoms with Crippen molar-refractivity contribution in [3.05, 3.63) is 65.6 Å². The van der Waals surface area contributed by atoms with E-state index in [-0.39, 0.29) is 18.5 Å². The van der Waals surface area contributed by atoms with Crippen LogP contribution in [0.4, 0.5) is 14.5 Å². The minimum Gasteiger partial charge on any atom is -0.339 e. The number of benzene rings is 2. The number of nitrogens with zero attached hydrogens (tertiary/aromatic N) is 2. The maximum atomic E-state index is 13.5. The molecule has 0 saturated heterocycles. The normalized spacial score (nSPS) is 10.7. The van der Waals surface area contributed by atoms with Crippen molar-refractivity contribution >= 4 is 11.6 Å². The molecule has 0 unspecified atom stereocenters. The van der Waals surface area contributed by atoms with E-state index in [1.165, 1.54) is 11.6 Å². The molecule has 7 heteroatoms. The minimum atomic E-state index is -0.825. The predicted molar refractivity (Wildman–Crippen MR) is 92.4 cm³/mol. The number of carbonyl (C=O) groups excluding carboxylic acids is 1. The van der Waals surface area contributed by atoms with Crippen LogP contribution in [0.25, 0.3) is 11.4 Å². The molecular weight excluding hydrogens is 340 g/mol. The van der Waals surface area contributed by atoms with Gasteiger partial charge in [-0.25, -0.2) is 8.78 Å². The average Bonchev–Trinajstić information content (AvgIpc) is 3.11. The quantitative estimate of drug-likeness (QED) is 0.720. The van der Waals surface area contributed by atoms with Crippen molar-refractivity contribution < 1.29 is 18.1 Å². The first-order valence-electron chi connectivity index (χ1n) is 8.22. The summed E-state index contributed by atoms with van der Waals surface area (Å²) in [6, 6.07) is 10.8. The summed E-state index contributed by atoms with van der Waals surface area (Å²) in [5.74, 6) is -1.19. The molecule has 2 aromatic carbocycles. The number of halogens is 2. The van der Waals surface area contributed by atoms with Crippen molar-refractivity contribution in [1.29, 1.82) is 0 Å². The van der Waals surface area contributed by atoms with Gasteiger partial charge in [-0.15, -0.1) is 0 Å². The van der Waals surface area contributed by atoms with Gasteiger partial charge in [-0.2, -0.15) is 4.98 Å². The van der Waals surface area contributed by atoms with Crippen LogP contribution >= 0.6 is 0 Å². The van der Waals surface area contributed by atoms with E-state index in [0.29, 0.717) is 17.8 Å². The van der Waals surface area contributed by atoms with Gasteiger partial charge in [0, 0.05) is 24.5 Å². The second-order valence-corrected chi connectivity index (χ2v) is 5.73. The topological polar surface area (TPSA) is 68.0 Å². The Morgan fingerprint density at radius 1 is 1.15 bits per heavy atom. The molecule has 0 bridgehead atoms. The summed E-state index contributed by atoms with van der Waals surface area (Å²) in [5.41, 5.74) is 1.97. The summed E-state index contributed by atoms with van der Waals surface area (Å²) >= 11 is 0. The number of nitrogens with one attached hydrogen (secondary N) is 1. The number of aromatic nitrogens is 2. The molecule has 3 rings (SSSR count). The summed E-state index contributed by atoms with van der Waals surface area (Å²) in [6.07, 6.45) is 1.20. The second kappa shape index (κ2) is 7.86. The van der Waals surface area contributed by atoms with E-state index in [2.05, 4.69) is 22.4 Å². The van der Waals surface area contributed by atoms with E-state index in [1.807, 2.05) is 24.3 Å². The van der Waals surface area contributed by atoms with E-state index >= 15 is 0 Å². The molecular formula is C19H17F2N3O2. The Kier molecular flexibility index (Phi) is 5.36. The van der Waals surface area contributed by atoms with Crippen LogP contribution in [0.5, 0.6) is 0 Å². The first kappa shape index (κ1) is 17.7. The zero-order chi connectivity index (χ0) is 18.5. The number of rotatable bonds is 6. The molecule has 26 heavy (non-hydrogen) atoms. The lowest BCUT2D eigenvalue weighted by Gasteiger charge is -2.05. The van der Waals surface area contributed by atoms with E-state index in [4.69, 9.17) is 4.52 Å². The number of amides is 1. The highest BCUT2D eigenvalue weighted by molar-refractivity contribution is 5.90. The Morgan fingerprint density at radius 3 is 2.62 bits per heavy atom. The van der Waals surface area contributed by atoms with E-state index in [1.54, 1.807) is 0 Å². The first-order chi connectivity index (χ1) is 12.5. The van der Waals surface area contributed by atoms with Crippen LogP contribution in [0.15, 0.2) is 47.0 Å². The van der Waals surface area contributed by atoms with Gasteiger partial charge < -0.3 is 9.84 Å². The standard InChI is InChI=1S/C19H17F2N3O2/c1-2-12-3-5-13(6-4-12)19-23-18(26-24-19)10-9-17(25)22-16-8-7-14(20)11-15(16)21/h3-8,11H,2,9-10H2,1H3,(H,22,25). The Labute approximate surface area is 149 Å². The average molecular weight is 357 g/mol. The van der Waals surface area contributed by atoms with Crippen molar-refractivity contribution in [3.63, 3.8) is 0 Å². The van der Waals surface area contributed by atoms with Crippen molar-refractivity contribution in [2.45, 2.75) is 26.2 Å². The second-order valence-electron chi connectivity index (χ2n) is 5.73. The molecule has 0 spiro atoms. The summed E-state index contributed by atoms with van der Waals surface area (Å²) < 4.78 is 31.5. The molecule has 134 valence electrons. The largest absolute Gasteiger partial charge is 0.339 e. The van der Waals surface area contributed by atoms with Crippen molar-refractivity contribution in [1.82, 2.24) is 10.1 Å². The third-order valence-electron chi connectivity index (χ3n) is 3.86. The Balaban J connectivity index is 1.58. The first-order valence-corrected chi connectivity index (χ1v) is 8.22. The fourth-order valence-corrected chi connectivity index (χ4v) is 2.39. The predicted octanol–water partition coefficient (Wildman–Crippen LogP) is 4.15. The van der Waals surface area contributed by atoms with E-state index in [0.717, 1.165) is 18.1 Å². The highest BCUT2D eigenvalue weighted by atomic mass is 19.1. The SMILES string of the molecule is CCc1ccc(-c2noc(CCC(=O)Nc3ccc(F)cc3F)n2)cc1. The van der Waals surface area contributed by atoms with Crippen molar-refractivity contribution in [2.24, 2.45) is 0 Å². The lowest BCUT2D eigenvalue weighted by atomic mass is 10.1. The highest BCUT2D eigenvalue weighted by Gasteiger charge is 2.12. The fraction of sp³-hybridized carbons (Fsp3) is 0.211. The van der Waals surface area contributed by atoms with Crippen LogP contribution in [0.2, 0.25) is 0 Å². The van der Waals surface area contributed by atoms with E-state index < -0.39 is 17.5 Å². The maximum absolute atomic E-state index is 13.5. The monoisotopic (exact) mass is 357 g/mol. The minimum absolute atomic E-state index is 0.0349. The van der Waals surface area contributed by atoms with Gasteiger partial charge in [0.15, 0.2) is 0 Å². The number of aryl methyl sites for hydroxylation is 2. The van der Waals surface area contributed by atoms with Crippen molar-refractivity contribution in [2.75, 3.05) is 5.32 Å². The zero-order valence-corrected chi connectivity index (χ0v) is 14.1. The highest BCUT2D eigenvalue weighted by Crippen LogP contribution is 2.18. The lowest BCUT2D eigenvalue weighted by molar-refractivity contribution is -0.116. The summed E-state index contributed by atoms with van der Waals surface area (Å²) in [4.78, 5) is 16.2. The Bertz CT molecular complexity index is 907. The van der Waals surface area contributed by atoms with Gasteiger partial charge in [-0.3, -0.25) is 4.79 Å². The fourth-order valence-electron chi connectivity index (χ4n) is 2.39. The lowest BCUT2D eigenvalue weighted by Crippen LogP contribution is -2.13. The molecule has 1 heterocycles. The zero-order valence-electron chi connectivity index (χ0n) is 14.1. The summed E-state index contributed by atoms with van der Waals surface area (Å²) in [6.45, 7) is 2.07. The molecule has 1 N–H and O–H groups in total. The third kappa shape index (κ3) is 4.30. The molecule has 0 saturated carbocycles. The van der Waals surface area contributed by atoms with Crippen LogP contribution in [-0.2, 0) is 17.6 Å². The van der Waals surface area contributed by atoms with Crippen LogP contribution in [0.1, 0.15) is 24.8 Å². The van der Waals surface area contributed by atoms with Gasteiger partial charge in [0.25, 0.3) is 0 Å². The molecule has 0 aliphatic rings. The number of carbonyl (C=O) groups is 1. The van der Waals surface area contributed by atoms with Gasteiger partial charge in [0.1, 0.15) is 11.6 Å². The van der Waals surface area contributed by atoms with Gasteiger partial charge in [-0.05, 0) is 24.1 Å². The van der Waals surface area contributed by atoms with Crippen LogP contribution < -0.4 is 5.32 Å². The molecule has 0 radical (unpaired) electrons. The molecule has 0 aliphatic heterocycles. The van der Waals surface area contributed by atoms with Crippen LogP contribution in [-0.4, -0.2) is 16.0 Å². The molecule has 1 aromatic heterocycles. The van der Waals surface area contributed by atoms with Crippen LogP contribution in [0, 0.1) is 11.6 Å². The smallest absolute Gasteiger partial charge is 0.227 e. The molecule has 3 aromatic rings. The van der Waals surface area contributed by atoms with Crippen LogP contribution in [0.3, 0.4) is 0 Å². The summed E-state index contributed by atoms with van der Waals surface area (Å²) in [5, 5.41) is 6.30. The summed E-state index contributed by atoms with van der Waals surface area (Å²) in [7, 11) is 0. The van der Waals surface area contributed by atoms with E-state index in [9.17, 15) is 13.6 Å². The maximum Gasteiger partial charge on any atom is 0.227 e. The Morgan fingerprint density at radius 2 is 1.92 bits per heavy atom. The van der Waals surface area contributed by atoms with Gasteiger partial charge in [0.05, 0.1) is 5.69 Å². The van der Waals surface area contributed by atoms with Gasteiger partial charge in [0.2, 0.25) is 17.6 Å². The number of hydrogen-bond acceptors (Lipinski definition) is 4. The van der Waals surface area contributed by atoms with Gasteiger partial charge in [-0.1, -0.05) is 36.3 Å². The van der Waals surface area contributed by atoms with Crippen molar-refractivity contribution in [3.8, 4) is 11.4 Å². The number of hydrogen-bond donors (Lipinski definition) is 1. The number of anilines is 1. The van der Waals surface area contributed by atoms with Gasteiger partial charge >= 0.3 is 0 Å². The Hall–Kier alpha value is -3.09. The molecule has 5 nitrogen and oxygen atoms in total. The molecule has 1 amide bonds. The third-order valence-corrected chi connectivity index (χ3v) is 3.86. The molecule has 0 aliphatic carbocycles.